The number of carbonyl (C=O) groups is 3. The van der Waals surface area contributed by atoms with Crippen LogP contribution < -0.4 is 15.5 Å². The van der Waals surface area contributed by atoms with Crippen LogP contribution in [0.3, 0.4) is 0 Å². The Hall–Kier alpha value is -3.48. The van der Waals surface area contributed by atoms with Crippen LogP contribution in [-0.2, 0) is 9.59 Å². The zero-order valence-electron chi connectivity index (χ0n) is 20.1. The van der Waals surface area contributed by atoms with Crippen molar-refractivity contribution in [3.05, 3.63) is 65.2 Å². The SMILES string of the molecule is CCCCCCCCCC(=O)NCC(=O)N/N=C\c1ccc(OC(=O)c2ccc(C)cc2)cc1. The average molecular weight is 466 g/mol. The molecule has 2 aromatic carbocycles. The van der Waals surface area contributed by atoms with Gasteiger partial charge in [0.2, 0.25) is 5.91 Å². The van der Waals surface area contributed by atoms with Gasteiger partial charge in [-0.05, 0) is 55.3 Å². The predicted molar refractivity (Wildman–Crippen MR) is 134 cm³/mol. The molecule has 0 bridgehead atoms. The molecule has 0 unspecified atom stereocenters. The van der Waals surface area contributed by atoms with Gasteiger partial charge in [0, 0.05) is 6.42 Å². The maximum Gasteiger partial charge on any atom is 0.343 e. The molecule has 0 aliphatic heterocycles. The molecule has 0 saturated carbocycles. The van der Waals surface area contributed by atoms with Gasteiger partial charge in [0.1, 0.15) is 5.75 Å². The molecule has 0 atom stereocenters. The average Bonchev–Trinajstić information content (AvgIpc) is 2.83. The van der Waals surface area contributed by atoms with E-state index in [0.717, 1.165) is 30.4 Å². The van der Waals surface area contributed by atoms with Crippen molar-refractivity contribution >= 4 is 24.0 Å². The molecule has 34 heavy (non-hydrogen) atoms. The van der Waals surface area contributed by atoms with Crippen LogP contribution in [0.2, 0.25) is 0 Å². The number of esters is 1. The van der Waals surface area contributed by atoms with E-state index in [-0.39, 0.29) is 12.5 Å². The number of nitrogens with zero attached hydrogens (tertiary/aromatic N) is 1. The van der Waals surface area contributed by atoms with E-state index in [4.69, 9.17) is 4.74 Å². The van der Waals surface area contributed by atoms with Crippen molar-refractivity contribution in [3.63, 3.8) is 0 Å². The lowest BCUT2D eigenvalue weighted by molar-refractivity contribution is -0.126. The highest BCUT2D eigenvalue weighted by Gasteiger charge is 2.08. The van der Waals surface area contributed by atoms with E-state index in [1.165, 1.54) is 31.9 Å². The summed E-state index contributed by atoms with van der Waals surface area (Å²) in [6.45, 7) is 4.03. The molecule has 0 aliphatic rings. The summed E-state index contributed by atoms with van der Waals surface area (Å²) in [7, 11) is 0. The lowest BCUT2D eigenvalue weighted by atomic mass is 10.1. The molecular weight excluding hydrogens is 430 g/mol. The van der Waals surface area contributed by atoms with Gasteiger partial charge >= 0.3 is 5.97 Å². The Morgan fingerprint density at radius 1 is 0.853 bits per heavy atom. The number of benzene rings is 2. The van der Waals surface area contributed by atoms with Crippen molar-refractivity contribution < 1.29 is 19.1 Å². The summed E-state index contributed by atoms with van der Waals surface area (Å²) in [5.41, 5.74) is 4.65. The third kappa shape index (κ3) is 10.9. The number of unbranched alkanes of at least 4 members (excludes halogenated alkanes) is 6. The van der Waals surface area contributed by atoms with E-state index in [2.05, 4.69) is 22.8 Å². The highest BCUT2D eigenvalue weighted by atomic mass is 16.5. The largest absolute Gasteiger partial charge is 0.423 e. The Bertz CT molecular complexity index is 937. The number of ether oxygens (including phenoxy) is 1. The molecule has 0 fully saturated rings. The first kappa shape index (κ1) is 26.8. The minimum Gasteiger partial charge on any atom is -0.423 e. The number of carbonyl (C=O) groups excluding carboxylic acids is 3. The Labute approximate surface area is 202 Å². The summed E-state index contributed by atoms with van der Waals surface area (Å²) in [6.07, 6.45) is 9.92. The summed E-state index contributed by atoms with van der Waals surface area (Å²) in [6, 6.07) is 13.9. The molecule has 0 saturated heterocycles. The van der Waals surface area contributed by atoms with Gasteiger partial charge in [-0.2, -0.15) is 5.10 Å². The Morgan fingerprint density at radius 2 is 1.50 bits per heavy atom. The van der Waals surface area contributed by atoms with Crippen LogP contribution in [0.4, 0.5) is 0 Å². The minimum atomic E-state index is -0.428. The van der Waals surface area contributed by atoms with Crippen LogP contribution in [0, 0.1) is 6.92 Å². The summed E-state index contributed by atoms with van der Waals surface area (Å²) >= 11 is 0. The highest BCUT2D eigenvalue weighted by molar-refractivity contribution is 5.91. The van der Waals surface area contributed by atoms with Crippen LogP contribution in [0.25, 0.3) is 0 Å². The van der Waals surface area contributed by atoms with Gasteiger partial charge in [0.25, 0.3) is 5.91 Å². The molecule has 7 heteroatoms. The second-order valence-corrected chi connectivity index (χ2v) is 8.27. The number of hydrazone groups is 1. The van der Waals surface area contributed by atoms with Gasteiger partial charge in [0.05, 0.1) is 18.3 Å². The van der Waals surface area contributed by atoms with Crippen LogP contribution >= 0.6 is 0 Å². The third-order valence-electron chi connectivity index (χ3n) is 5.23. The highest BCUT2D eigenvalue weighted by Crippen LogP contribution is 2.14. The molecule has 0 radical (unpaired) electrons. The molecular formula is C27H35N3O4. The van der Waals surface area contributed by atoms with Crippen molar-refractivity contribution in [2.75, 3.05) is 6.54 Å². The molecule has 0 aliphatic carbocycles. The van der Waals surface area contributed by atoms with Crippen molar-refractivity contribution in [2.24, 2.45) is 5.10 Å². The molecule has 0 spiro atoms. The van der Waals surface area contributed by atoms with E-state index in [0.29, 0.717) is 17.7 Å². The van der Waals surface area contributed by atoms with Crippen molar-refractivity contribution in [2.45, 2.75) is 65.2 Å². The first-order valence-electron chi connectivity index (χ1n) is 12.0. The van der Waals surface area contributed by atoms with Gasteiger partial charge in [-0.1, -0.05) is 63.1 Å². The molecule has 0 heterocycles. The zero-order valence-corrected chi connectivity index (χ0v) is 20.1. The number of amides is 2. The summed E-state index contributed by atoms with van der Waals surface area (Å²) in [5, 5.41) is 6.50. The normalized spacial score (nSPS) is 10.8. The van der Waals surface area contributed by atoms with Crippen molar-refractivity contribution in [1.29, 1.82) is 0 Å². The smallest absolute Gasteiger partial charge is 0.343 e. The maximum absolute atomic E-state index is 12.2. The second-order valence-electron chi connectivity index (χ2n) is 8.27. The predicted octanol–water partition coefficient (Wildman–Crippen LogP) is 4.92. The minimum absolute atomic E-state index is 0.111. The monoisotopic (exact) mass is 465 g/mol. The first-order chi connectivity index (χ1) is 16.5. The molecule has 2 rings (SSSR count). The molecule has 182 valence electrons. The Morgan fingerprint density at radius 3 is 2.18 bits per heavy atom. The fourth-order valence-corrected chi connectivity index (χ4v) is 3.21. The van der Waals surface area contributed by atoms with Crippen molar-refractivity contribution in [1.82, 2.24) is 10.7 Å². The third-order valence-corrected chi connectivity index (χ3v) is 5.23. The van der Waals surface area contributed by atoms with Crippen molar-refractivity contribution in [3.8, 4) is 5.75 Å². The summed E-state index contributed by atoms with van der Waals surface area (Å²) in [4.78, 5) is 35.8. The Kier molecular flexibility index (Phi) is 12.1. The first-order valence-corrected chi connectivity index (χ1v) is 12.0. The number of hydrogen-bond donors (Lipinski definition) is 2. The van der Waals surface area contributed by atoms with Crippen LogP contribution in [0.1, 0.15) is 79.8 Å². The van der Waals surface area contributed by atoms with Crippen LogP contribution in [-0.4, -0.2) is 30.5 Å². The van der Waals surface area contributed by atoms with E-state index in [1.807, 2.05) is 19.1 Å². The molecule has 0 aromatic heterocycles. The summed E-state index contributed by atoms with van der Waals surface area (Å²) in [5.74, 6) is -0.533. The number of nitrogens with one attached hydrogen (secondary N) is 2. The maximum atomic E-state index is 12.2. The lowest BCUT2D eigenvalue weighted by Gasteiger charge is -2.05. The van der Waals surface area contributed by atoms with Gasteiger partial charge in [-0.15, -0.1) is 0 Å². The summed E-state index contributed by atoms with van der Waals surface area (Å²) < 4.78 is 5.36. The molecule has 2 amide bonds. The van der Waals surface area contributed by atoms with Crippen LogP contribution in [0.15, 0.2) is 53.6 Å². The number of rotatable bonds is 14. The van der Waals surface area contributed by atoms with E-state index in [9.17, 15) is 14.4 Å². The number of hydrogen-bond acceptors (Lipinski definition) is 5. The van der Waals surface area contributed by atoms with E-state index >= 15 is 0 Å². The zero-order chi connectivity index (χ0) is 24.6. The van der Waals surface area contributed by atoms with E-state index in [1.54, 1.807) is 36.4 Å². The number of aryl methyl sites for hydroxylation is 1. The molecule has 2 aromatic rings. The lowest BCUT2D eigenvalue weighted by Crippen LogP contribution is -2.34. The standard InChI is InChI=1S/C27H35N3O4/c1-3-4-5-6-7-8-9-10-25(31)28-20-26(32)30-29-19-22-13-17-24(18-14-22)34-27(33)23-15-11-21(2)12-16-23/h11-19H,3-10,20H2,1-2H3,(H,28,31)(H,30,32)/b29-19-. The van der Waals surface area contributed by atoms with Gasteiger partial charge in [-0.25, -0.2) is 10.2 Å². The fourth-order valence-electron chi connectivity index (χ4n) is 3.21. The van der Waals surface area contributed by atoms with Gasteiger partial charge in [0.15, 0.2) is 0 Å². The van der Waals surface area contributed by atoms with Gasteiger partial charge < -0.3 is 10.1 Å². The fraction of sp³-hybridized carbons (Fsp3) is 0.407. The molecule has 2 N–H and O–H groups in total. The quantitative estimate of drug-likeness (QED) is 0.136. The Balaban J connectivity index is 1.63. The topological polar surface area (TPSA) is 96.9 Å². The molecule has 7 nitrogen and oxygen atoms in total. The van der Waals surface area contributed by atoms with Gasteiger partial charge in [-0.3, -0.25) is 9.59 Å². The van der Waals surface area contributed by atoms with E-state index < -0.39 is 11.9 Å². The van der Waals surface area contributed by atoms with Crippen LogP contribution in [0.5, 0.6) is 5.75 Å². The second kappa shape index (κ2) is 15.4.